The lowest BCUT2D eigenvalue weighted by Crippen LogP contribution is -1.91. The summed E-state index contributed by atoms with van der Waals surface area (Å²) in [7, 11) is 0. The second kappa shape index (κ2) is 5.61. The highest BCUT2D eigenvalue weighted by Crippen LogP contribution is 2.34. The van der Waals surface area contributed by atoms with Gasteiger partial charge < -0.3 is 4.74 Å². The van der Waals surface area contributed by atoms with E-state index in [0.717, 1.165) is 0 Å². The Labute approximate surface area is 119 Å². The van der Waals surface area contributed by atoms with E-state index in [1.165, 1.54) is 0 Å². The van der Waals surface area contributed by atoms with E-state index in [4.69, 9.17) is 39.5 Å². The van der Waals surface area contributed by atoms with Gasteiger partial charge in [-0.25, -0.2) is 0 Å². The van der Waals surface area contributed by atoms with Gasteiger partial charge in [-0.3, -0.25) is 4.79 Å². The third-order valence-corrected chi connectivity index (χ3v) is 2.91. The second-order valence-electron chi connectivity index (χ2n) is 3.48. The van der Waals surface area contributed by atoms with E-state index in [-0.39, 0.29) is 5.75 Å². The van der Waals surface area contributed by atoms with Gasteiger partial charge in [0.05, 0.1) is 10.6 Å². The fraction of sp³-hybridized carbons (Fsp3) is 0. The molecule has 2 nitrogen and oxygen atoms in total. The van der Waals surface area contributed by atoms with E-state index in [1.54, 1.807) is 36.4 Å². The highest BCUT2D eigenvalue weighted by Gasteiger charge is 2.10. The largest absolute Gasteiger partial charge is 0.455 e. The van der Waals surface area contributed by atoms with Crippen molar-refractivity contribution in [1.82, 2.24) is 0 Å². The Hall–Kier alpha value is -1.22. The molecule has 0 saturated heterocycles. The van der Waals surface area contributed by atoms with Gasteiger partial charge in [0.2, 0.25) is 0 Å². The molecule has 0 amide bonds. The average Bonchev–Trinajstić information content (AvgIpc) is 2.30. The molecule has 0 spiro atoms. The molecule has 92 valence electrons. The quantitative estimate of drug-likeness (QED) is 0.724. The standard InChI is InChI=1S/C13H7Cl3O2/c14-9-4-10(15)6-11(5-9)18-13-8(7-17)2-1-3-12(13)16/h1-7H. The molecule has 0 aliphatic heterocycles. The number of carbonyl (C=O) groups is 1. The SMILES string of the molecule is O=Cc1cccc(Cl)c1Oc1cc(Cl)cc(Cl)c1. The summed E-state index contributed by atoms with van der Waals surface area (Å²) in [5.74, 6) is 0.705. The summed E-state index contributed by atoms with van der Waals surface area (Å²) in [5, 5.41) is 1.23. The molecule has 0 bridgehead atoms. The summed E-state index contributed by atoms with van der Waals surface area (Å²) in [6.45, 7) is 0. The molecule has 0 heterocycles. The highest BCUT2D eigenvalue weighted by molar-refractivity contribution is 6.35. The maximum atomic E-state index is 10.9. The van der Waals surface area contributed by atoms with Crippen molar-refractivity contribution in [3.8, 4) is 11.5 Å². The summed E-state index contributed by atoms with van der Waals surface area (Å²) in [6.07, 6.45) is 0.674. The Bertz CT molecular complexity index is 577. The Kier molecular flexibility index (Phi) is 4.12. The molecule has 2 aromatic carbocycles. The van der Waals surface area contributed by atoms with Crippen molar-refractivity contribution in [3.63, 3.8) is 0 Å². The number of benzene rings is 2. The van der Waals surface area contributed by atoms with Gasteiger partial charge >= 0.3 is 0 Å². The molecule has 0 radical (unpaired) electrons. The van der Waals surface area contributed by atoms with Crippen LogP contribution in [0.2, 0.25) is 15.1 Å². The fourth-order valence-electron chi connectivity index (χ4n) is 1.43. The molecule has 0 N–H and O–H groups in total. The second-order valence-corrected chi connectivity index (χ2v) is 4.76. The van der Waals surface area contributed by atoms with Crippen LogP contribution in [-0.2, 0) is 0 Å². The zero-order chi connectivity index (χ0) is 13.1. The van der Waals surface area contributed by atoms with E-state index >= 15 is 0 Å². The van der Waals surface area contributed by atoms with Gasteiger partial charge in [-0.15, -0.1) is 0 Å². The number of rotatable bonds is 3. The first-order chi connectivity index (χ1) is 8.60. The molecule has 0 atom stereocenters. The topological polar surface area (TPSA) is 26.3 Å². The number of carbonyl (C=O) groups excluding carboxylic acids is 1. The van der Waals surface area contributed by atoms with Gasteiger partial charge in [-0.2, -0.15) is 0 Å². The Morgan fingerprint density at radius 2 is 1.67 bits per heavy atom. The molecule has 0 saturated carbocycles. The van der Waals surface area contributed by atoms with Crippen molar-refractivity contribution in [2.24, 2.45) is 0 Å². The smallest absolute Gasteiger partial charge is 0.156 e. The predicted molar refractivity (Wildman–Crippen MR) is 73.4 cm³/mol. The fourth-order valence-corrected chi connectivity index (χ4v) is 2.16. The van der Waals surface area contributed by atoms with E-state index in [0.29, 0.717) is 32.7 Å². The van der Waals surface area contributed by atoms with Crippen molar-refractivity contribution in [2.75, 3.05) is 0 Å². The van der Waals surface area contributed by atoms with Crippen LogP contribution < -0.4 is 4.74 Å². The third kappa shape index (κ3) is 2.96. The summed E-state index contributed by atoms with van der Waals surface area (Å²) in [4.78, 5) is 10.9. The van der Waals surface area contributed by atoms with Crippen molar-refractivity contribution < 1.29 is 9.53 Å². The van der Waals surface area contributed by atoms with Gasteiger partial charge in [-0.1, -0.05) is 40.9 Å². The number of para-hydroxylation sites is 1. The molecular formula is C13H7Cl3O2. The number of aldehydes is 1. The first-order valence-corrected chi connectivity index (χ1v) is 6.11. The lowest BCUT2D eigenvalue weighted by Gasteiger charge is -2.10. The van der Waals surface area contributed by atoms with Gasteiger partial charge in [0, 0.05) is 10.0 Å². The summed E-state index contributed by atoms with van der Waals surface area (Å²) >= 11 is 17.7. The van der Waals surface area contributed by atoms with Crippen LogP contribution in [0.4, 0.5) is 0 Å². The maximum Gasteiger partial charge on any atom is 0.156 e. The monoisotopic (exact) mass is 300 g/mol. The van der Waals surface area contributed by atoms with Crippen LogP contribution >= 0.6 is 34.8 Å². The van der Waals surface area contributed by atoms with Crippen LogP contribution in [0.1, 0.15) is 10.4 Å². The van der Waals surface area contributed by atoms with Gasteiger partial charge in [0.15, 0.2) is 12.0 Å². The maximum absolute atomic E-state index is 10.9. The zero-order valence-electron chi connectivity index (χ0n) is 8.99. The van der Waals surface area contributed by atoms with Crippen LogP contribution in [0.25, 0.3) is 0 Å². The molecule has 0 aliphatic rings. The first kappa shape index (κ1) is 13.2. The summed E-state index contributed by atoms with van der Waals surface area (Å²) < 4.78 is 5.56. The van der Waals surface area contributed by atoms with Crippen molar-refractivity contribution >= 4 is 41.1 Å². The minimum atomic E-state index is 0.285. The van der Waals surface area contributed by atoms with Crippen LogP contribution in [0.3, 0.4) is 0 Å². The number of hydrogen-bond acceptors (Lipinski definition) is 2. The lowest BCUT2D eigenvalue weighted by molar-refractivity contribution is 0.112. The molecule has 2 rings (SSSR count). The molecule has 0 aromatic heterocycles. The van der Waals surface area contributed by atoms with E-state index < -0.39 is 0 Å². The molecular weight excluding hydrogens is 294 g/mol. The first-order valence-electron chi connectivity index (χ1n) is 4.98. The van der Waals surface area contributed by atoms with Gasteiger partial charge in [-0.05, 0) is 30.3 Å². The minimum absolute atomic E-state index is 0.285. The molecule has 2 aromatic rings. The lowest BCUT2D eigenvalue weighted by atomic mass is 10.2. The van der Waals surface area contributed by atoms with E-state index in [9.17, 15) is 4.79 Å². The van der Waals surface area contributed by atoms with Crippen LogP contribution in [0, 0.1) is 0 Å². The number of halogens is 3. The van der Waals surface area contributed by atoms with Gasteiger partial charge in [0.1, 0.15) is 5.75 Å². The van der Waals surface area contributed by atoms with Crippen LogP contribution in [0.15, 0.2) is 36.4 Å². The highest BCUT2D eigenvalue weighted by atomic mass is 35.5. The Balaban J connectivity index is 2.42. The summed E-state index contributed by atoms with van der Waals surface area (Å²) in [6, 6.07) is 9.68. The zero-order valence-corrected chi connectivity index (χ0v) is 11.3. The predicted octanol–water partition coefficient (Wildman–Crippen LogP) is 5.25. The molecule has 0 unspecified atom stereocenters. The Morgan fingerprint density at radius 3 is 2.28 bits per heavy atom. The average molecular weight is 302 g/mol. The van der Waals surface area contributed by atoms with Crippen LogP contribution in [0.5, 0.6) is 11.5 Å². The van der Waals surface area contributed by atoms with E-state index in [1.807, 2.05) is 0 Å². The molecule has 18 heavy (non-hydrogen) atoms. The molecule has 5 heteroatoms. The van der Waals surface area contributed by atoms with Crippen molar-refractivity contribution in [2.45, 2.75) is 0 Å². The van der Waals surface area contributed by atoms with Crippen molar-refractivity contribution in [1.29, 1.82) is 0 Å². The normalized spacial score (nSPS) is 10.2. The van der Waals surface area contributed by atoms with Crippen LogP contribution in [-0.4, -0.2) is 6.29 Å². The van der Waals surface area contributed by atoms with Gasteiger partial charge in [0.25, 0.3) is 0 Å². The number of ether oxygens (including phenoxy) is 1. The Morgan fingerprint density at radius 1 is 1.00 bits per heavy atom. The van der Waals surface area contributed by atoms with Crippen molar-refractivity contribution in [3.05, 3.63) is 57.0 Å². The molecule has 0 aliphatic carbocycles. The third-order valence-electron chi connectivity index (χ3n) is 2.18. The summed E-state index contributed by atoms with van der Waals surface area (Å²) in [5.41, 5.74) is 0.360. The van der Waals surface area contributed by atoms with E-state index in [2.05, 4.69) is 0 Å². The molecule has 0 fully saturated rings. The number of hydrogen-bond donors (Lipinski definition) is 0. The minimum Gasteiger partial charge on any atom is -0.455 e.